The molecule has 5 heterocycles. The predicted molar refractivity (Wildman–Crippen MR) is 149 cm³/mol. The molecule has 0 spiro atoms. The largest absolute Gasteiger partial charge is 0.462 e. The van der Waals surface area contributed by atoms with Gasteiger partial charge in [-0.1, -0.05) is 25.3 Å². The van der Waals surface area contributed by atoms with E-state index in [-0.39, 0.29) is 30.9 Å². The quantitative estimate of drug-likeness (QED) is 0.265. The maximum atomic E-state index is 13.4. The Morgan fingerprint density at radius 3 is 2.48 bits per heavy atom. The van der Waals surface area contributed by atoms with Gasteiger partial charge in [0.2, 0.25) is 5.95 Å². The minimum absolute atomic E-state index is 0.0171. The Labute approximate surface area is 240 Å². The molecule has 42 heavy (non-hydrogen) atoms. The van der Waals surface area contributed by atoms with Crippen LogP contribution in [0.4, 0.5) is 11.8 Å². The number of nitrogens with zero attached hydrogens (tertiary/aromatic N) is 7. The van der Waals surface area contributed by atoms with Crippen LogP contribution in [0.1, 0.15) is 49.4 Å². The highest BCUT2D eigenvalue weighted by Crippen LogP contribution is 2.37. The number of fused-ring (bicyclic) bond motifs is 4. The van der Waals surface area contributed by atoms with Gasteiger partial charge in [-0.15, -0.1) is 0 Å². The van der Waals surface area contributed by atoms with Crippen LogP contribution >= 0.6 is 0 Å². The van der Waals surface area contributed by atoms with Gasteiger partial charge in [0.1, 0.15) is 11.5 Å². The van der Waals surface area contributed by atoms with Gasteiger partial charge in [-0.05, 0) is 30.5 Å². The van der Waals surface area contributed by atoms with E-state index in [1.165, 1.54) is 11.3 Å². The van der Waals surface area contributed by atoms with Crippen molar-refractivity contribution in [3.8, 4) is 0 Å². The topological polar surface area (TPSA) is 150 Å². The van der Waals surface area contributed by atoms with Crippen LogP contribution in [0.3, 0.4) is 0 Å². The second-order valence-electron chi connectivity index (χ2n) is 10.3. The molecule has 1 aliphatic heterocycles. The van der Waals surface area contributed by atoms with Crippen molar-refractivity contribution in [3.63, 3.8) is 0 Å². The van der Waals surface area contributed by atoms with E-state index in [1.807, 2.05) is 12.3 Å². The highest BCUT2D eigenvalue weighted by atomic mass is 16.5. The van der Waals surface area contributed by atoms with Gasteiger partial charge in [0.25, 0.3) is 0 Å². The maximum absolute atomic E-state index is 13.4. The van der Waals surface area contributed by atoms with Crippen molar-refractivity contribution in [1.29, 1.82) is 0 Å². The minimum atomic E-state index is -1.09. The van der Waals surface area contributed by atoms with Crippen LogP contribution in [0.15, 0.2) is 36.8 Å². The van der Waals surface area contributed by atoms with Gasteiger partial charge in [-0.2, -0.15) is 4.98 Å². The number of amides is 2. The first kappa shape index (κ1) is 27.2. The lowest BCUT2D eigenvalue weighted by molar-refractivity contribution is -0.158. The molecule has 0 atom stereocenters. The molecule has 2 amide bonds. The molecule has 4 aromatic rings. The first-order valence-electron chi connectivity index (χ1n) is 13.8. The number of methoxy groups -OCH3 is 2. The smallest absolute Gasteiger partial charge is 0.397 e. The lowest BCUT2D eigenvalue weighted by Gasteiger charge is -2.28. The van der Waals surface area contributed by atoms with E-state index in [2.05, 4.69) is 24.3 Å². The second kappa shape index (κ2) is 11.1. The molecular formula is C29H29N7O6. The molecule has 0 N–H and O–H groups in total. The van der Waals surface area contributed by atoms with Crippen LogP contribution < -0.4 is 4.90 Å². The average molecular weight is 572 g/mol. The fourth-order valence-corrected chi connectivity index (χ4v) is 5.87. The van der Waals surface area contributed by atoms with Crippen molar-refractivity contribution in [2.24, 2.45) is 0 Å². The normalized spacial score (nSPS) is 15.3. The summed E-state index contributed by atoms with van der Waals surface area (Å²) in [7, 11) is 2.29. The molecule has 1 aliphatic carbocycles. The van der Waals surface area contributed by atoms with Crippen molar-refractivity contribution in [2.45, 2.75) is 51.1 Å². The van der Waals surface area contributed by atoms with Crippen LogP contribution in [0.25, 0.3) is 21.9 Å². The van der Waals surface area contributed by atoms with Gasteiger partial charge in [0.15, 0.2) is 0 Å². The molecule has 1 fully saturated rings. The van der Waals surface area contributed by atoms with Crippen LogP contribution in [0, 0.1) is 0 Å². The van der Waals surface area contributed by atoms with Crippen LogP contribution in [0.5, 0.6) is 0 Å². The molecule has 0 bridgehead atoms. The Kier molecular flexibility index (Phi) is 7.23. The number of pyridine rings is 2. The van der Waals surface area contributed by atoms with Crippen molar-refractivity contribution in [2.75, 3.05) is 25.7 Å². The lowest BCUT2D eigenvalue weighted by Crippen LogP contribution is -2.41. The molecule has 0 unspecified atom stereocenters. The first-order chi connectivity index (χ1) is 20.4. The zero-order valence-electron chi connectivity index (χ0n) is 23.3. The van der Waals surface area contributed by atoms with Crippen molar-refractivity contribution in [3.05, 3.63) is 48.0 Å². The van der Waals surface area contributed by atoms with E-state index in [0.29, 0.717) is 23.3 Å². The second-order valence-corrected chi connectivity index (χ2v) is 10.3. The van der Waals surface area contributed by atoms with E-state index in [9.17, 15) is 19.2 Å². The maximum Gasteiger partial charge on any atom is 0.397 e. The Morgan fingerprint density at radius 2 is 1.71 bits per heavy atom. The third kappa shape index (κ3) is 4.70. The van der Waals surface area contributed by atoms with Crippen LogP contribution in [-0.4, -0.2) is 73.9 Å². The summed E-state index contributed by atoms with van der Waals surface area (Å²) < 4.78 is 11.5. The van der Waals surface area contributed by atoms with Gasteiger partial charge < -0.3 is 18.9 Å². The van der Waals surface area contributed by atoms with Gasteiger partial charge in [-0.3, -0.25) is 14.6 Å². The number of carbonyl (C=O) groups excluding carboxylic acids is 4. The van der Waals surface area contributed by atoms with Crippen LogP contribution in [-0.2, 0) is 41.6 Å². The highest BCUT2D eigenvalue weighted by Gasteiger charge is 2.33. The summed E-state index contributed by atoms with van der Waals surface area (Å²) in [6.07, 6.45) is 10.9. The van der Waals surface area contributed by atoms with Gasteiger partial charge >= 0.3 is 23.8 Å². The Hall–Kier alpha value is -4.94. The highest BCUT2D eigenvalue weighted by molar-refractivity contribution is 6.39. The van der Waals surface area contributed by atoms with E-state index in [1.54, 1.807) is 24.5 Å². The fraction of sp³-hybridized carbons (Fsp3) is 0.379. The summed E-state index contributed by atoms with van der Waals surface area (Å²) in [5, 5.41) is 1.78. The number of hydrogen-bond donors (Lipinski definition) is 0. The molecule has 1 saturated carbocycles. The molecule has 13 nitrogen and oxygen atoms in total. The van der Waals surface area contributed by atoms with E-state index in [0.717, 1.165) is 61.1 Å². The fourth-order valence-electron chi connectivity index (χ4n) is 5.87. The molecule has 2 aliphatic rings. The van der Waals surface area contributed by atoms with E-state index >= 15 is 0 Å². The Balaban J connectivity index is 1.44. The van der Waals surface area contributed by atoms with Gasteiger partial charge in [0.05, 0.1) is 25.9 Å². The number of aromatic nitrogens is 5. The molecule has 0 radical (unpaired) electrons. The summed E-state index contributed by atoms with van der Waals surface area (Å²) in [5.41, 5.74) is 2.91. The average Bonchev–Trinajstić information content (AvgIpc) is 3.37. The van der Waals surface area contributed by atoms with Gasteiger partial charge in [-0.25, -0.2) is 24.5 Å². The lowest BCUT2D eigenvalue weighted by atomic mass is 9.95. The van der Waals surface area contributed by atoms with E-state index < -0.39 is 23.8 Å². The zero-order valence-corrected chi connectivity index (χ0v) is 23.3. The Morgan fingerprint density at radius 1 is 0.929 bits per heavy atom. The number of hydrogen-bond acceptors (Lipinski definition) is 10. The van der Waals surface area contributed by atoms with Crippen molar-refractivity contribution in [1.82, 2.24) is 29.4 Å². The number of esters is 2. The monoisotopic (exact) mass is 571 g/mol. The SMILES string of the molecule is COC(=O)C(=O)N1CCc2nc(N(C(=O)C(=O)OC)c3ncc4c5ccncc5n(C5CCCCC5)c4n3)ccc2C1. The summed E-state index contributed by atoms with van der Waals surface area (Å²) in [5.74, 6) is -3.64. The molecule has 0 aromatic carbocycles. The summed E-state index contributed by atoms with van der Waals surface area (Å²) in [6.45, 7) is 0.389. The summed E-state index contributed by atoms with van der Waals surface area (Å²) in [6, 6.07) is 5.40. The number of anilines is 2. The van der Waals surface area contributed by atoms with Crippen molar-refractivity contribution < 1.29 is 28.7 Å². The third-order valence-electron chi connectivity index (χ3n) is 7.95. The van der Waals surface area contributed by atoms with Crippen molar-refractivity contribution >= 4 is 57.5 Å². The minimum Gasteiger partial charge on any atom is -0.462 e. The number of rotatable bonds is 3. The third-order valence-corrected chi connectivity index (χ3v) is 7.95. The first-order valence-corrected chi connectivity index (χ1v) is 13.8. The number of carbonyl (C=O) groups is 4. The molecule has 13 heteroatoms. The summed E-state index contributed by atoms with van der Waals surface area (Å²) in [4.78, 5) is 70.8. The predicted octanol–water partition coefficient (Wildman–Crippen LogP) is 2.78. The molecular weight excluding hydrogens is 542 g/mol. The summed E-state index contributed by atoms with van der Waals surface area (Å²) >= 11 is 0. The number of ether oxygens (including phenoxy) is 2. The Bertz CT molecular complexity index is 1730. The molecule has 4 aromatic heterocycles. The zero-order chi connectivity index (χ0) is 29.4. The van der Waals surface area contributed by atoms with Gasteiger partial charge in [0, 0.05) is 54.4 Å². The molecule has 6 rings (SSSR count). The van der Waals surface area contributed by atoms with Crippen LogP contribution in [0.2, 0.25) is 0 Å². The standard InChI is InChI=1S/C29H29N7O6/c1-41-27(39)25(37)34-13-11-21-17(16-34)8-9-23(32-21)36(26(38)28(40)42-2)29-31-14-20-19-10-12-30-15-22(19)35(24(20)33-29)18-6-4-3-5-7-18/h8-10,12,14-15,18H,3-7,11,13,16H2,1-2H3. The molecule has 216 valence electrons. The molecule has 0 saturated heterocycles. The van der Waals surface area contributed by atoms with E-state index in [4.69, 9.17) is 9.72 Å².